The molecule has 2 aromatic rings. The largest absolute Gasteiger partial charge is 0.325 e. The van der Waals surface area contributed by atoms with Gasteiger partial charge in [-0.05, 0) is 31.9 Å². The molecular formula is C20H21N3O3S. The molecule has 2 fully saturated rings. The minimum Gasteiger partial charge on any atom is -0.325 e. The molecule has 1 aliphatic carbocycles. The van der Waals surface area contributed by atoms with Gasteiger partial charge in [-0.25, -0.2) is 4.98 Å². The van der Waals surface area contributed by atoms with Gasteiger partial charge in [0.15, 0.2) is 0 Å². The Morgan fingerprint density at radius 1 is 1.15 bits per heavy atom. The second-order valence-corrected chi connectivity index (χ2v) is 8.20. The van der Waals surface area contributed by atoms with Crippen molar-refractivity contribution in [2.24, 2.45) is 11.8 Å². The molecule has 1 aliphatic heterocycles. The second-order valence-electron chi connectivity index (χ2n) is 7.14. The van der Waals surface area contributed by atoms with Crippen LogP contribution in [-0.2, 0) is 14.4 Å². The van der Waals surface area contributed by atoms with Gasteiger partial charge in [0.05, 0.1) is 22.5 Å². The maximum absolute atomic E-state index is 12.5. The number of nitrogens with zero attached hydrogens (tertiary/aromatic N) is 2. The van der Waals surface area contributed by atoms with Crippen LogP contribution in [0.2, 0.25) is 0 Å². The number of hydrogen-bond donors (Lipinski definition) is 1. The normalized spacial score (nSPS) is 22.0. The standard InChI is InChI=1S/C20H21N3O3S/c1-12-21-17(11-27-12)13-6-8-14(9-7-13)22-18(24)10-23-19(25)15-4-2-3-5-16(15)20(23)26/h6-9,11,15-16H,2-5,10H2,1H3,(H,22,24). The summed E-state index contributed by atoms with van der Waals surface area (Å²) in [5.74, 6) is -1.17. The van der Waals surface area contributed by atoms with Crippen LogP contribution in [0.3, 0.4) is 0 Å². The molecule has 0 bridgehead atoms. The van der Waals surface area contributed by atoms with E-state index >= 15 is 0 Å². The van der Waals surface area contributed by atoms with Gasteiger partial charge in [0.1, 0.15) is 6.54 Å². The smallest absolute Gasteiger partial charge is 0.244 e. The summed E-state index contributed by atoms with van der Waals surface area (Å²) in [5, 5.41) is 5.77. The van der Waals surface area contributed by atoms with Crippen LogP contribution in [0.25, 0.3) is 11.3 Å². The number of rotatable bonds is 4. The molecule has 1 saturated carbocycles. The monoisotopic (exact) mass is 383 g/mol. The molecule has 2 heterocycles. The number of thiazole rings is 1. The van der Waals surface area contributed by atoms with Gasteiger partial charge in [0.2, 0.25) is 17.7 Å². The van der Waals surface area contributed by atoms with Crippen molar-refractivity contribution in [2.75, 3.05) is 11.9 Å². The van der Waals surface area contributed by atoms with E-state index in [1.165, 1.54) is 0 Å². The number of nitrogens with one attached hydrogen (secondary N) is 1. The molecule has 3 amide bonds. The van der Waals surface area contributed by atoms with Crippen LogP contribution >= 0.6 is 11.3 Å². The van der Waals surface area contributed by atoms with E-state index in [0.29, 0.717) is 5.69 Å². The molecule has 0 radical (unpaired) electrons. The average molecular weight is 383 g/mol. The number of aromatic nitrogens is 1. The highest BCUT2D eigenvalue weighted by Gasteiger charge is 2.48. The summed E-state index contributed by atoms with van der Waals surface area (Å²) in [5.41, 5.74) is 2.52. The predicted molar refractivity (Wildman–Crippen MR) is 103 cm³/mol. The SMILES string of the molecule is Cc1nc(-c2ccc(NC(=O)CN3C(=O)C4CCCCC4C3=O)cc2)cs1. The number of aryl methyl sites for hydroxylation is 1. The van der Waals surface area contributed by atoms with E-state index in [-0.39, 0.29) is 36.1 Å². The first-order chi connectivity index (χ1) is 13.0. The van der Waals surface area contributed by atoms with Gasteiger partial charge in [-0.15, -0.1) is 11.3 Å². The van der Waals surface area contributed by atoms with E-state index in [1.54, 1.807) is 23.5 Å². The molecule has 0 spiro atoms. The first-order valence-electron chi connectivity index (χ1n) is 9.20. The van der Waals surface area contributed by atoms with Crippen LogP contribution in [-0.4, -0.2) is 34.2 Å². The Morgan fingerprint density at radius 3 is 2.33 bits per heavy atom. The summed E-state index contributed by atoms with van der Waals surface area (Å²) in [6, 6.07) is 7.39. The number of anilines is 1. The zero-order valence-electron chi connectivity index (χ0n) is 15.1. The summed E-state index contributed by atoms with van der Waals surface area (Å²) >= 11 is 1.59. The van der Waals surface area contributed by atoms with Crippen molar-refractivity contribution in [2.45, 2.75) is 32.6 Å². The van der Waals surface area contributed by atoms with Gasteiger partial charge in [-0.1, -0.05) is 25.0 Å². The lowest BCUT2D eigenvalue weighted by molar-refractivity contribution is -0.142. The summed E-state index contributed by atoms with van der Waals surface area (Å²) in [4.78, 5) is 42.9. The van der Waals surface area contributed by atoms with Crippen molar-refractivity contribution in [3.05, 3.63) is 34.7 Å². The molecule has 1 aromatic heterocycles. The van der Waals surface area contributed by atoms with E-state index in [0.717, 1.165) is 46.8 Å². The third-order valence-corrected chi connectivity index (χ3v) is 6.09. The highest BCUT2D eigenvalue weighted by Crippen LogP contribution is 2.37. The number of fused-ring (bicyclic) bond motifs is 1. The summed E-state index contributed by atoms with van der Waals surface area (Å²) in [6.45, 7) is 1.75. The molecular weight excluding hydrogens is 362 g/mol. The number of carbonyl (C=O) groups excluding carboxylic acids is 3. The molecule has 6 nitrogen and oxygen atoms in total. The highest BCUT2D eigenvalue weighted by atomic mass is 32.1. The Morgan fingerprint density at radius 2 is 1.78 bits per heavy atom. The third kappa shape index (κ3) is 3.51. The summed E-state index contributed by atoms with van der Waals surface area (Å²) < 4.78 is 0. The number of benzene rings is 1. The molecule has 1 aromatic carbocycles. The van der Waals surface area contributed by atoms with E-state index in [4.69, 9.17) is 0 Å². The van der Waals surface area contributed by atoms with Crippen LogP contribution in [0.1, 0.15) is 30.7 Å². The van der Waals surface area contributed by atoms with Gasteiger partial charge in [0, 0.05) is 16.6 Å². The Bertz CT molecular complexity index is 866. The maximum Gasteiger partial charge on any atom is 0.244 e. The number of imide groups is 1. The van der Waals surface area contributed by atoms with Crippen molar-refractivity contribution in [3.8, 4) is 11.3 Å². The Kier molecular flexibility index (Phi) is 4.78. The molecule has 4 rings (SSSR count). The van der Waals surface area contributed by atoms with E-state index in [2.05, 4.69) is 10.3 Å². The summed E-state index contributed by atoms with van der Waals surface area (Å²) in [7, 11) is 0. The quantitative estimate of drug-likeness (QED) is 0.822. The topological polar surface area (TPSA) is 79.4 Å². The lowest BCUT2D eigenvalue weighted by Crippen LogP contribution is -2.38. The number of hydrogen-bond acceptors (Lipinski definition) is 5. The van der Waals surface area contributed by atoms with Crippen LogP contribution in [0.15, 0.2) is 29.6 Å². The van der Waals surface area contributed by atoms with Crippen molar-refractivity contribution < 1.29 is 14.4 Å². The van der Waals surface area contributed by atoms with Crippen molar-refractivity contribution in [1.29, 1.82) is 0 Å². The van der Waals surface area contributed by atoms with Gasteiger partial charge < -0.3 is 5.32 Å². The van der Waals surface area contributed by atoms with Gasteiger partial charge in [-0.2, -0.15) is 0 Å². The van der Waals surface area contributed by atoms with Crippen LogP contribution in [0, 0.1) is 18.8 Å². The molecule has 2 atom stereocenters. The molecule has 1 N–H and O–H groups in total. The van der Waals surface area contributed by atoms with E-state index in [1.807, 2.05) is 24.4 Å². The van der Waals surface area contributed by atoms with E-state index < -0.39 is 0 Å². The lowest BCUT2D eigenvalue weighted by Gasteiger charge is -2.19. The molecule has 2 aliphatic rings. The van der Waals surface area contributed by atoms with Crippen LogP contribution in [0.4, 0.5) is 5.69 Å². The third-order valence-electron chi connectivity index (χ3n) is 5.32. The van der Waals surface area contributed by atoms with Crippen molar-refractivity contribution in [3.63, 3.8) is 0 Å². The van der Waals surface area contributed by atoms with Crippen LogP contribution in [0.5, 0.6) is 0 Å². The zero-order chi connectivity index (χ0) is 19.0. The first-order valence-corrected chi connectivity index (χ1v) is 10.1. The molecule has 7 heteroatoms. The minimum atomic E-state index is -0.354. The summed E-state index contributed by atoms with van der Waals surface area (Å²) in [6.07, 6.45) is 3.46. The Hall–Kier alpha value is -2.54. The minimum absolute atomic E-state index is 0.186. The second kappa shape index (κ2) is 7.23. The fraction of sp³-hybridized carbons (Fsp3) is 0.400. The molecule has 140 valence electrons. The van der Waals surface area contributed by atoms with Crippen LogP contribution < -0.4 is 5.32 Å². The Balaban J connectivity index is 1.39. The highest BCUT2D eigenvalue weighted by molar-refractivity contribution is 7.09. The molecule has 1 saturated heterocycles. The van der Waals surface area contributed by atoms with Gasteiger partial charge in [-0.3, -0.25) is 19.3 Å². The zero-order valence-corrected chi connectivity index (χ0v) is 15.9. The molecule has 2 unspecified atom stereocenters. The van der Waals surface area contributed by atoms with E-state index in [9.17, 15) is 14.4 Å². The molecule has 27 heavy (non-hydrogen) atoms. The fourth-order valence-corrected chi connectivity index (χ4v) is 4.57. The fourth-order valence-electron chi connectivity index (χ4n) is 3.95. The van der Waals surface area contributed by atoms with Crippen molar-refractivity contribution >= 4 is 34.7 Å². The lowest BCUT2D eigenvalue weighted by atomic mass is 9.81. The first kappa shape index (κ1) is 17.9. The van der Waals surface area contributed by atoms with Gasteiger partial charge >= 0.3 is 0 Å². The van der Waals surface area contributed by atoms with Crippen molar-refractivity contribution in [1.82, 2.24) is 9.88 Å². The van der Waals surface area contributed by atoms with Gasteiger partial charge in [0.25, 0.3) is 0 Å². The average Bonchev–Trinajstić information content (AvgIpc) is 3.20. The Labute approximate surface area is 161 Å². The maximum atomic E-state index is 12.5. The number of carbonyl (C=O) groups is 3. The number of likely N-dealkylation sites (tertiary alicyclic amines) is 1. The predicted octanol–water partition coefficient (Wildman–Crippen LogP) is 3.23. The number of amides is 3.